The molecule has 8 heteroatoms. The van der Waals surface area contributed by atoms with Gasteiger partial charge in [-0.05, 0) is 36.4 Å². The van der Waals surface area contributed by atoms with Crippen molar-refractivity contribution in [2.45, 2.75) is 31.1 Å². The molecule has 1 aliphatic rings. The zero-order chi connectivity index (χ0) is 24.6. The van der Waals surface area contributed by atoms with E-state index in [0.29, 0.717) is 0 Å². The molecule has 0 N–H and O–H groups in total. The molecule has 0 aliphatic carbocycles. The highest BCUT2D eigenvalue weighted by atomic mass is 19.1. The number of alkyl halides is 1. The number of benzene rings is 3. The number of ether oxygens (including phenoxy) is 4. The summed E-state index contributed by atoms with van der Waals surface area (Å²) in [5, 5.41) is 0. The first kappa shape index (κ1) is 24.1. The average molecular weight is 478 g/mol. The fraction of sp³-hybridized carbons (Fsp3) is 0.222. The Hall–Kier alpha value is -4.04. The van der Waals surface area contributed by atoms with Crippen LogP contribution < -0.4 is 0 Å². The number of halogens is 1. The highest BCUT2D eigenvalue weighted by Gasteiger charge is 2.43. The second kappa shape index (κ2) is 11.4. The Balaban J connectivity index is 1.47. The maximum atomic E-state index is 15.3. The van der Waals surface area contributed by atoms with Crippen molar-refractivity contribution >= 4 is 17.9 Å². The van der Waals surface area contributed by atoms with Gasteiger partial charge in [-0.3, -0.25) is 0 Å². The first-order valence-corrected chi connectivity index (χ1v) is 11.0. The summed E-state index contributed by atoms with van der Waals surface area (Å²) < 4.78 is 37.0. The number of carbonyl (C=O) groups excluding carboxylic acids is 3. The molecule has 1 fully saturated rings. The molecule has 0 bridgehead atoms. The SMILES string of the molecule is O=C(OC[C@H]1O[C@@H](OC(=O)c2ccccc2)C[C@@H](OC(=O)c2ccccc2)[C@@H]1F)c1ccccc1. The first-order valence-electron chi connectivity index (χ1n) is 11.0. The van der Waals surface area contributed by atoms with Gasteiger partial charge in [-0.1, -0.05) is 54.6 Å². The highest BCUT2D eigenvalue weighted by Crippen LogP contribution is 2.28. The summed E-state index contributed by atoms with van der Waals surface area (Å²) in [6, 6.07) is 24.6. The standard InChI is InChI=1S/C27H23FO7/c28-24-21(34-26(30)19-12-6-2-7-13-19)16-23(35-27(31)20-14-8-3-9-15-20)33-22(24)17-32-25(29)18-10-4-1-5-11-18/h1-15,21-24H,16-17H2/t21-,22-,23+,24+/m1/s1. The molecule has 0 saturated carbocycles. The topological polar surface area (TPSA) is 88.1 Å². The van der Waals surface area contributed by atoms with Crippen molar-refractivity contribution in [3.05, 3.63) is 108 Å². The summed E-state index contributed by atoms with van der Waals surface area (Å²) in [5.41, 5.74) is 0.817. The van der Waals surface area contributed by atoms with E-state index in [9.17, 15) is 14.4 Å². The molecule has 7 nitrogen and oxygen atoms in total. The van der Waals surface area contributed by atoms with Crippen LogP contribution in [0, 0.1) is 0 Å². The van der Waals surface area contributed by atoms with Gasteiger partial charge < -0.3 is 18.9 Å². The van der Waals surface area contributed by atoms with E-state index in [1.807, 2.05) is 0 Å². The lowest BCUT2D eigenvalue weighted by Gasteiger charge is -2.36. The van der Waals surface area contributed by atoms with Crippen LogP contribution in [0.15, 0.2) is 91.0 Å². The van der Waals surface area contributed by atoms with Crippen molar-refractivity contribution in [3.63, 3.8) is 0 Å². The molecule has 3 aromatic rings. The van der Waals surface area contributed by atoms with Crippen molar-refractivity contribution < 1.29 is 37.7 Å². The van der Waals surface area contributed by atoms with Gasteiger partial charge >= 0.3 is 17.9 Å². The normalized spacial score (nSPS) is 21.5. The Morgan fingerprint density at radius 2 is 1.17 bits per heavy atom. The van der Waals surface area contributed by atoms with Gasteiger partial charge in [0.15, 0.2) is 6.17 Å². The molecular formula is C27H23FO7. The van der Waals surface area contributed by atoms with Crippen LogP contribution in [0.25, 0.3) is 0 Å². The second-order valence-electron chi connectivity index (χ2n) is 7.83. The predicted octanol–water partition coefficient (Wildman–Crippen LogP) is 4.38. The van der Waals surface area contributed by atoms with Crippen molar-refractivity contribution in [1.29, 1.82) is 0 Å². The fourth-order valence-electron chi connectivity index (χ4n) is 3.56. The van der Waals surface area contributed by atoms with Crippen LogP contribution in [0.1, 0.15) is 37.5 Å². The first-order chi connectivity index (χ1) is 17.0. The summed E-state index contributed by atoms with van der Waals surface area (Å²) in [5.74, 6) is -2.07. The largest absolute Gasteiger partial charge is 0.459 e. The summed E-state index contributed by atoms with van der Waals surface area (Å²) in [4.78, 5) is 37.4. The molecule has 3 aromatic carbocycles. The number of esters is 3. The van der Waals surface area contributed by atoms with Crippen molar-refractivity contribution in [2.24, 2.45) is 0 Å². The Bertz CT molecular complexity index is 1140. The maximum Gasteiger partial charge on any atom is 0.340 e. The van der Waals surface area contributed by atoms with Crippen molar-refractivity contribution in [3.8, 4) is 0 Å². The van der Waals surface area contributed by atoms with Gasteiger partial charge in [0.1, 0.15) is 18.8 Å². The van der Waals surface area contributed by atoms with Crippen LogP contribution >= 0.6 is 0 Å². The maximum absolute atomic E-state index is 15.3. The van der Waals surface area contributed by atoms with Gasteiger partial charge in [-0.25, -0.2) is 18.8 Å². The van der Waals surface area contributed by atoms with E-state index < -0.39 is 49.2 Å². The summed E-state index contributed by atoms with van der Waals surface area (Å²) in [6.07, 6.45) is -5.87. The van der Waals surface area contributed by atoms with Crippen LogP contribution in [0.4, 0.5) is 4.39 Å². The van der Waals surface area contributed by atoms with E-state index in [1.54, 1.807) is 91.0 Å². The lowest BCUT2D eigenvalue weighted by atomic mass is 10.0. The predicted molar refractivity (Wildman–Crippen MR) is 122 cm³/mol. The summed E-state index contributed by atoms with van der Waals surface area (Å²) in [6.45, 7) is -0.465. The molecule has 1 aliphatic heterocycles. The van der Waals surface area contributed by atoms with Crippen LogP contribution in [0.3, 0.4) is 0 Å². The molecule has 0 aromatic heterocycles. The second-order valence-corrected chi connectivity index (χ2v) is 7.83. The lowest BCUT2D eigenvalue weighted by Crippen LogP contribution is -2.51. The molecule has 1 saturated heterocycles. The van der Waals surface area contributed by atoms with Crippen LogP contribution in [0.5, 0.6) is 0 Å². The van der Waals surface area contributed by atoms with E-state index in [-0.39, 0.29) is 23.1 Å². The molecule has 35 heavy (non-hydrogen) atoms. The number of rotatable bonds is 7. The summed E-state index contributed by atoms with van der Waals surface area (Å²) in [7, 11) is 0. The Morgan fingerprint density at radius 3 is 1.69 bits per heavy atom. The van der Waals surface area contributed by atoms with E-state index in [1.165, 1.54) is 0 Å². The minimum atomic E-state index is -1.82. The number of hydrogen-bond acceptors (Lipinski definition) is 7. The zero-order valence-electron chi connectivity index (χ0n) is 18.6. The average Bonchev–Trinajstić information content (AvgIpc) is 2.90. The monoisotopic (exact) mass is 478 g/mol. The van der Waals surface area contributed by atoms with E-state index in [0.717, 1.165) is 0 Å². The third-order valence-corrected chi connectivity index (χ3v) is 5.37. The van der Waals surface area contributed by atoms with Gasteiger partial charge in [0.05, 0.1) is 23.1 Å². The Morgan fingerprint density at radius 1 is 0.714 bits per heavy atom. The zero-order valence-corrected chi connectivity index (χ0v) is 18.6. The minimum Gasteiger partial charge on any atom is -0.459 e. The van der Waals surface area contributed by atoms with Crippen molar-refractivity contribution in [1.82, 2.24) is 0 Å². The number of carbonyl (C=O) groups is 3. The van der Waals surface area contributed by atoms with Crippen LogP contribution in [-0.2, 0) is 18.9 Å². The molecule has 4 atom stereocenters. The third kappa shape index (κ3) is 6.30. The molecule has 0 spiro atoms. The molecule has 0 unspecified atom stereocenters. The summed E-state index contributed by atoms with van der Waals surface area (Å²) >= 11 is 0. The van der Waals surface area contributed by atoms with Gasteiger partial charge in [0.2, 0.25) is 6.29 Å². The molecule has 4 rings (SSSR count). The lowest BCUT2D eigenvalue weighted by molar-refractivity contribution is -0.224. The van der Waals surface area contributed by atoms with Gasteiger partial charge in [-0.15, -0.1) is 0 Å². The van der Waals surface area contributed by atoms with Gasteiger partial charge in [0.25, 0.3) is 0 Å². The van der Waals surface area contributed by atoms with Gasteiger partial charge in [0, 0.05) is 0 Å². The molecule has 0 amide bonds. The third-order valence-electron chi connectivity index (χ3n) is 5.37. The van der Waals surface area contributed by atoms with Crippen LogP contribution in [-0.4, -0.2) is 49.2 Å². The minimum absolute atomic E-state index is 0.221. The number of hydrogen-bond donors (Lipinski definition) is 0. The van der Waals surface area contributed by atoms with E-state index in [4.69, 9.17) is 18.9 Å². The smallest absolute Gasteiger partial charge is 0.340 e. The molecular weight excluding hydrogens is 455 g/mol. The fourth-order valence-corrected chi connectivity index (χ4v) is 3.56. The quantitative estimate of drug-likeness (QED) is 0.368. The Kier molecular flexibility index (Phi) is 7.84. The van der Waals surface area contributed by atoms with Crippen LogP contribution in [0.2, 0.25) is 0 Å². The highest BCUT2D eigenvalue weighted by molar-refractivity contribution is 5.90. The van der Waals surface area contributed by atoms with Gasteiger partial charge in [-0.2, -0.15) is 0 Å². The molecule has 0 radical (unpaired) electrons. The Labute approximate surface area is 201 Å². The van der Waals surface area contributed by atoms with Crippen molar-refractivity contribution in [2.75, 3.05) is 6.61 Å². The molecule has 1 heterocycles. The van der Waals surface area contributed by atoms with E-state index >= 15 is 4.39 Å². The molecule has 180 valence electrons. The van der Waals surface area contributed by atoms with E-state index in [2.05, 4.69) is 0 Å².